The number of hydrogen-bond donors (Lipinski definition) is 0. The molecule has 0 radical (unpaired) electrons. The molecular weight excluding hydrogens is 382 g/mol. The Morgan fingerprint density at radius 2 is 1.83 bits per heavy atom. The molecule has 3 aromatic rings. The summed E-state index contributed by atoms with van der Waals surface area (Å²) in [6, 6.07) is 18.0. The lowest BCUT2D eigenvalue weighted by molar-refractivity contribution is 0.344. The van der Waals surface area contributed by atoms with Crippen LogP contribution in [0.4, 0.5) is 0 Å². The number of nitrogens with zero attached hydrogens (tertiary/aromatic N) is 3. The highest BCUT2D eigenvalue weighted by atomic mass is 32.2. The van der Waals surface area contributed by atoms with Gasteiger partial charge in [0.1, 0.15) is 5.75 Å². The first-order valence-corrected chi connectivity index (χ1v) is 10.9. The van der Waals surface area contributed by atoms with Crippen molar-refractivity contribution >= 4 is 17.8 Å². The molecule has 0 amide bonds. The fraction of sp³-hybridized carbons (Fsp3) is 0.304. The van der Waals surface area contributed by atoms with Gasteiger partial charge in [-0.15, -0.1) is 22.0 Å². The average molecular weight is 410 g/mol. The van der Waals surface area contributed by atoms with Crippen LogP contribution in [0.25, 0.3) is 17.5 Å². The predicted octanol–water partition coefficient (Wildman–Crippen LogP) is 5.01. The van der Waals surface area contributed by atoms with Gasteiger partial charge in [-0.3, -0.25) is 0 Å². The summed E-state index contributed by atoms with van der Waals surface area (Å²) in [5.74, 6) is 3.63. The highest BCUT2D eigenvalue weighted by Gasteiger charge is 2.08. The van der Waals surface area contributed by atoms with Crippen LogP contribution < -0.4 is 4.74 Å². The second kappa shape index (κ2) is 11.4. The van der Waals surface area contributed by atoms with Crippen LogP contribution in [0.2, 0.25) is 0 Å². The number of aromatic nitrogens is 2. The Morgan fingerprint density at radius 1 is 1.03 bits per heavy atom. The fourth-order valence-corrected chi connectivity index (χ4v) is 3.25. The van der Waals surface area contributed by atoms with Gasteiger partial charge in [-0.2, -0.15) is 0 Å². The van der Waals surface area contributed by atoms with Crippen molar-refractivity contribution in [2.24, 2.45) is 0 Å². The molecule has 0 aliphatic rings. The molecule has 6 heteroatoms. The second-order valence-corrected chi connectivity index (χ2v) is 7.94. The lowest BCUT2D eigenvalue weighted by Crippen LogP contribution is -2.11. The molecule has 0 fully saturated rings. The van der Waals surface area contributed by atoms with Gasteiger partial charge in [0, 0.05) is 17.9 Å². The third-order valence-electron chi connectivity index (χ3n) is 4.14. The minimum Gasteiger partial charge on any atom is -0.493 e. The summed E-state index contributed by atoms with van der Waals surface area (Å²) in [4.78, 5) is 2.18. The zero-order chi connectivity index (χ0) is 20.3. The molecule has 0 N–H and O–H groups in total. The van der Waals surface area contributed by atoms with E-state index in [1.54, 1.807) is 11.8 Å². The SMILES string of the molecule is CN(C)CC/C=C/c1ccc(-c2nnc(CSCCOc3ccccc3)o2)cc1. The van der Waals surface area contributed by atoms with Gasteiger partial charge in [0.2, 0.25) is 11.8 Å². The van der Waals surface area contributed by atoms with E-state index in [1.807, 2.05) is 42.5 Å². The lowest BCUT2D eigenvalue weighted by atomic mass is 10.1. The largest absolute Gasteiger partial charge is 0.493 e. The number of para-hydroxylation sites is 1. The number of rotatable bonds is 11. The topological polar surface area (TPSA) is 51.4 Å². The van der Waals surface area contributed by atoms with E-state index in [4.69, 9.17) is 9.15 Å². The summed E-state index contributed by atoms with van der Waals surface area (Å²) in [7, 11) is 4.16. The number of thioether (sulfide) groups is 1. The molecule has 0 atom stereocenters. The van der Waals surface area contributed by atoms with Crippen molar-refractivity contribution < 1.29 is 9.15 Å². The van der Waals surface area contributed by atoms with Crippen molar-refractivity contribution in [3.63, 3.8) is 0 Å². The third kappa shape index (κ3) is 7.40. The van der Waals surface area contributed by atoms with Gasteiger partial charge in [0.25, 0.3) is 0 Å². The molecule has 0 saturated carbocycles. The van der Waals surface area contributed by atoms with E-state index in [1.165, 1.54) is 5.56 Å². The molecular formula is C23H27N3O2S. The van der Waals surface area contributed by atoms with Gasteiger partial charge in [0.05, 0.1) is 12.4 Å². The van der Waals surface area contributed by atoms with Crippen LogP contribution in [0.5, 0.6) is 5.75 Å². The standard InChI is InChI=1S/C23H27N3O2S/c1-26(2)15-7-6-8-19-11-13-20(14-12-19)23-25-24-22(28-23)18-29-17-16-27-21-9-4-3-5-10-21/h3-6,8-14H,7,15-18H2,1-2H3/b8-6+. The Balaban J connectivity index is 1.42. The molecule has 29 heavy (non-hydrogen) atoms. The summed E-state index contributed by atoms with van der Waals surface area (Å²) in [5, 5.41) is 8.32. The lowest BCUT2D eigenvalue weighted by Gasteiger charge is -2.05. The molecule has 0 unspecified atom stereocenters. The molecule has 152 valence electrons. The Morgan fingerprint density at radius 3 is 2.59 bits per heavy atom. The average Bonchev–Trinajstić information content (AvgIpc) is 3.21. The zero-order valence-corrected chi connectivity index (χ0v) is 17.8. The molecule has 0 bridgehead atoms. The van der Waals surface area contributed by atoms with Crippen LogP contribution in [0.1, 0.15) is 17.9 Å². The molecule has 1 aromatic heterocycles. The van der Waals surface area contributed by atoms with Crippen LogP contribution in [0, 0.1) is 0 Å². The van der Waals surface area contributed by atoms with Crippen molar-refractivity contribution in [1.29, 1.82) is 0 Å². The summed E-state index contributed by atoms with van der Waals surface area (Å²) < 4.78 is 11.5. The highest BCUT2D eigenvalue weighted by Crippen LogP contribution is 2.21. The van der Waals surface area contributed by atoms with E-state index in [2.05, 4.69) is 53.5 Å². The van der Waals surface area contributed by atoms with Crippen LogP contribution in [-0.4, -0.2) is 48.1 Å². The smallest absolute Gasteiger partial charge is 0.247 e. The molecule has 3 rings (SSSR count). The molecule has 0 aliphatic carbocycles. The quantitative estimate of drug-likeness (QED) is 0.415. The van der Waals surface area contributed by atoms with Crippen LogP contribution >= 0.6 is 11.8 Å². The predicted molar refractivity (Wildman–Crippen MR) is 120 cm³/mol. The van der Waals surface area contributed by atoms with Crippen LogP contribution in [0.15, 0.2) is 65.1 Å². The van der Waals surface area contributed by atoms with E-state index in [9.17, 15) is 0 Å². The summed E-state index contributed by atoms with van der Waals surface area (Å²) >= 11 is 1.72. The normalized spacial score (nSPS) is 11.4. The first-order valence-electron chi connectivity index (χ1n) is 9.70. The molecule has 0 spiro atoms. The van der Waals surface area contributed by atoms with Crippen LogP contribution in [0.3, 0.4) is 0 Å². The molecule has 5 nitrogen and oxygen atoms in total. The van der Waals surface area contributed by atoms with Gasteiger partial charge in [-0.1, -0.05) is 42.5 Å². The maximum absolute atomic E-state index is 5.79. The van der Waals surface area contributed by atoms with Gasteiger partial charge in [-0.05, 0) is 50.3 Å². The Hall–Kier alpha value is -2.57. The molecule has 0 saturated heterocycles. The Bertz CT molecular complexity index is 877. The first-order chi connectivity index (χ1) is 14.2. The van der Waals surface area contributed by atoms with Crippen LogP contribution in [-0.2, 0) is 5.75 Å². The van der Waals surface area contributed by atoms with Gasteiger partial charge in [-0.25, -0.2) is 0 Å². The first kappa shape index (κ1) is 21.1. The number of ether oxygens (including phenoxy) is 1. The minimum atomic E-state index is 0.560. The maximum atomic E-state index is 5.79. The molecule has 2 aromatic carbocycles. The zero-order valence-electron chi connectivity index (χ0n) is 17.0. The number of hydrogen-bond acceptors (Lipinski definition) is 6. The minimum absolute atomic E-state index is 0.560. The van der Waals surface area contributed by atoms with E-state index in [-0.39, 0.29) is 0 Å². The fourth-order valence-electron chi connectivity index (χ4n) is 2.61. The third-order valence-corrected chi connectivity index (χ3v) is 5.05. The van der Waals surface area contributed by atoms with E-state index in [0.29, 0.717) is 24.1 Å². The van der Waals surface area contributed by atoms with Crippen molar-refractivity contribution in [1.82, 2.24) is 15.1 Å². The molecule has 1 heterocycles. The molecule has 0 aliphatic heterocycles. The van der Waals surface area contributed by atoms with Gasteiger partial charge in [0.15, 0.2) is 0 Å². The van der Waals surface area contributed by atoms with Crippen molar-refractivity contribution in [2.75, 3.05) is 33.0 Å². The van der Waals surface area contributed by atoms with Gasteiger partial charge >= 0.3 is 0 Å². The van der Waals surface area contributed by atoms with E-state index in [0.717, 1.165) is 30.0 Å². The van der Waals surface area contributed by atoms with Gasteiger partial charge < -0.3 is 14.1 Å². The summed E-state index contributed by atoms with van der Waals surface area (Å²) in [5.41, 5.74) is 2.10. The maximum Gasteiger partial charge on any atom is 0.247 e. The van der Waals surface area contributed by atoms with E-state index >= 15 is 0 Å². The second-order valence-electron chi connectivity index (χ2n) is 6.83. The summed E-state index contributed by atoms with van der Waals surface area (Å²) in [6.45, 7) is 1.70. The highest BCUT2D eigenvalue weighted by molar-refractivity contribution is 7.98. The van der Waals surface area contributed by atoms with Crippen molar-refractivity contribution in [2.45, 2.75) is 12.2 Å². The van der Waals surface area contributed by atoms with Crippen molar-refractivity contribution in [3.8, 4) is 17.2 Å². The van der Waals surface area contributed by atoms with Crippen molar-refractivity contribution in [3.05, 3.63) is 72.1 Å². The number of benzene rings is 2. The Kier molecular flexibility index (Phi) is 8.34. The summed E-state index contributed by atoms with van der Waals surface area (Å²) in [6.07, 6.45) is 5.37. The Labute approximate surface area is 176 Å². The van der Waals surface area contributed by atoms with E-state index < -0.39 is 0 Å². The monoisotopic (exact) mass is 409 g/mol.